The molecule has 1 heterocycles. The Morgan fingerprint density at radius 3 is 2.70 bits per heavy atom. The quantitative estimate of drug-likeness (QED) is 0.893. The van der Waals surface area contributed by atoms with E-state index in [1.807, 2.05) is 36.4 Å². The van der Waals surface area contributed by atoms with Crippen molar-refractivity contribution >= 4 is 22.2 Å². The molecule has 116 valence electrons. The van der Waals surface area contributed by atoms with E-state index < -0.39 is 0 Å². The van der Waals surface area contributed by atoms with Gasteiger partial charge in [-0.1, -0.05) is 36.8 Å². The average molecular weight is 322 g/mol. The summed E-state index contributed by atoms with van der Waals surface area (Å²) < 4.78 is 0. The van der Waals surface area contributed by atoms with Gasteiger partial charge in [-0.2, -0.15) is 5.26 Å². The van der Waals surface area contributed by atoms with E-state index in [9.17, 15) is 10.1 Å². The highest BCUT2D eigenvalue weighted by Crippen LogP contribution is 2.49. The predicted octanol–water partition coefficient (Wildman–Crippen LogP) is 4.66. The van der Waals surface area contributed by atoms with Crippen molar-refractivity contribution in [2.24, 2.45) is 17.8 Å². The van der Waals surface area contributed by atoms with Crippen molar-refractivity contribution < 1.29 is 4.79 Å². The maximum atomic E-state index is 12.6. The van der Waals surface area contributed by atoms with Gasteiger partial charge in [-0.3, -0.25) is 4.79 Å². The number of thiophene rings is 1. The summed E-state index contributed by atoms with van der Waals surface area (Å²) in [6, 6.07) is 14.1. The number of hydrogen-bond acceptors (Lipinski definition) is 3. The molecule has 0 saturated heterocycles. The molecular weight excluding hydrogens is 304 g/mol. The summed E-state index contributed by atoms with van der Waals surface area (Å²) in [5.74, 6) is 1.55. The molecule has 3 atom stereocenters. The van der Waals surface area contributed by atoms with Crippen LogP contribution in [0.2, 0.25) is 0 Å². The Labute approximate surface area is 140 Å². The van der Waals surface area contributed by atoms with Crippen LogP contribution in [0.25, 0.3) is 10.4 Å². The molecule has 2 fully saturated rings. The van der Waals surface area contributed by atoms with Crippen LogP contribution >= 0.6 is 11.3 Å². The fourth-order valence-corrected chi connectivity index (χ4v) is 5.10. The molecule has 0 spiro atoms. The number of rotatable bonds is 3. The molecule has 2 saturated carbocycles. The lowest BCUT2D eigenvalue weighted by Crippen LogP contribution is -2.27. The first-order valence-electron chi connectivity index (χ1n) is 8.15. The number of nitrogens with zero attached hydrogens (tertiary/aromatic N) is 1. The molecule has 2 aliphatic carbocycles. The topological polar surface area (TPSA) is 52.9 Å². The summed E-state index contributed by atoms with van der Waals surface area (Å²) in [4.78, 5) is 13.6. The van der Waals surface area contributed by atoms with Crippen LogP contribution in [0.4, 0.5) is 5.00 Å². The summed E-state index contributed by atoms with van der Waals surface area (Å²) in [6.45, 7) is 0. The lowest BCUT2D eigenvalue weighted by atomic mass is 9.88. The lowest BCUT2D eigenvalue weighted by molar-refractivity contribution is -0.121. The van der Waals surface area contributed by atoms with Crippen LogP contribution in [0.15, 0.2) is 36.4 Å². The Morgan fingerprint density at radius 2 is 2.04 bits per heavy atom. The van der Waals surface area contributed by atoms with Crippen LogP contribution in [0.3, 0.4) is 0 Å². The highest BCUT2D eigenvalue weighted by atomic mass is 32.1. The van der Waals surface area contributed by atoms with E-state index in [-0.39, 0.29) is 11.8 Å². The van der Waals surface area contributed by atoms with Gasteiger partial charge in [0.25, 0.3) is 0 Å². The maximum Gasteiger partial charge on any atom is 0.228 e. The van der Waals surface area contributed by atoms with Gasteiger partial charge in [0, 0.05) is 10.8 Å². The van der Waals surface area contributed by atoms with Crippen molar-refractivity contribution in [1.82, 2.24) is 0 Å². The molecule has 2 aromatic rings. The van der Waals surface area contributed by atoms with E-state index >= 15 is 0 Å². The van der Waals surface area contributed by atoms with Crippen LogP contribution in [-0.4, -0.2) is 5.91 Å². The molecule has 4 rings (SSSR count). The van der Waals surface area contributed by atoms with Crippen LogP contribution < -0.4 is 5.32 Å². The Balaban J connectivity index is 1.56. The molecule has 2 aliphatic rings. The number of nitriles is 1. The molecule has 3 nitrogen and oxygen atoms in total. The van der Waals surface area contributed by atoms with Crippen molar-refractivity contribution in [2.75, 3.05) is 5.32 Å². The first-order chi connectivity index (χ1) is 11.2. The molecule has 0 unspecified atom stereocenters. The van der Waals surface area contributed by atoms with Gasteiger partial charge in [0.2, 0.25) is 5.91 Å². The molecule has 1 aromatic heterocycles. The minimum absolute atomic E-state index is 0.107. The first kappa shape index (κ1) is 14.5. The summed E-state index contributed by atoms with van der Waals surface area (Å²) in [5, 5.41) is 13.1. The second-order valence-corrected chi connectivity index (χ2v) is 7.65. The molecule has 1 N–H and O–H groups in total. The number of carbonyl (C=O) groups excluding carboxylic acids is 1. The third kappa shape index (κ3) is 2.66. The van der Waals surface area contributed by atoms with E-state index in [0.29, 0.717) is 16.5 Å². The average Bonchev–Trinajstić information content (AvgIpc) is 3.30. The third-order valence-electron chi connectivity index (χ3n) is 5.22. The Morgan fingerprint density at radius 1 is 1.22 bits per heavy atom. The smallest absolute Gasteiger partial charge is 0.228 e. The second-order valence-electron chi connectivity index (χ2n) is 6.60. The molecule has 0 aliphatic heterocycles. The van der Waals surface area contributed by atoms with E-state index in [1.165, 1.54) is 30.6 Å². The molecule has 23 heavy (non-hydrogen) atoms. The lowest BCUT2D eigenvalue weighted by Gasteiger charge is -2.20. The first-order valence-corrected chi connectivity index (χ1v) is 8.96. The highest BCUT2D eigenvalue weighted by Gasteiger charge is 2.43. The van der Waals surface area contributed by atoms with Gasteiger partial charge < -0.3 is 5.32 Å². The largest absolute Gasteiger partial charge is 0.316 e. The van der Waals surface area contributed by atoms with Gasteiger partial charge in [0.15, 0.2) is 0 Å². The molecule has 2 bridgehead atoms. The van der Waals surface area contributed by atoms with Crippen molar-refractivity contribution in [3.05, 3.63) is 42.0 Å². The van der Waals surface area contributed by atoms with Crippen molar-refractivity contribution in [3.8, 4) is 16.5 Å². The van der Waals surface area contributed by atoms with Crippen molar-refractivity contribution in [1.29, 1.82) is 5.26 Å². The molecule has 0 radical (unpaired) electrons. The van der Waals surface area contributed by atoms with E-state index in [2.05, 4.69) is 11.4 Å². The number of hydrogen-bond donors (Lipinski definition) is 1. The van der Waals surface area contributed by atoms with Gasteiger partial charge in [0.1, 0.15) is 11.1 Å². The minimum Gasteiger partial charge on any atom is -0.316 e. The number of benzene rings is 1. The van der Waals surface area contributed by atoms with E-state index in [4.69, 9.17) is 0 Å². The fraction of sp³-hybridized carbons (Fsp3) is 0.368. The molecule has 4 heteroatoms. The molecular formula is C19H18N2OS. The summed E-state index contributed by atoms with van der Waals surface area (Å²) in [6.07, 6.45) is 4.71. The standard InChI is InChI=1S/C19H18N2OS/c20-11-15-10-17(13-4-2-1-3-5-13)23-19(15)21-18(22)16-9-12-6-7-14(16)8-12/h1-5,10,12,14,16H,6-9H2,(H,21,22)/t12-,14-,16-/m0/s1. The number of nitrogens with one attached hydrogen (secondary N) is 1. The Hall–Kier alpha value is -2.12. The van der Waals surface area contributed by atoms with Gasteiger partial charge >= 0.3 is 0 Å². The summed E-state index contributed by atoms with van der Waals surface area (Å²) in [7, 11) is 0. The maximum absolute atomic E-state index is 12.6. The van der Waals surface area contributed by atoms with E-state index in [0.717, 1.165) is 22.8 Å². The second kappa shape index (κ2) is 5.82. The molecule has 1 amide bonds. The number of carbonyl (C=O) groups is 1. The number of fused-ring (bicyclic) bond motifs is 2. The van der Waals surface area contributed by atoms with Gasteiger partial charge in [-0.25, -0.2) is 0 Å². The third-order valence-corrected chi connectivity index (χ3v) is 6.32. The zero-order valence-electron chi connectivity index (χ0n) is 12.8. The zero-order valence-corrected chi connectivity index (χ0v) is 13.6. The van der Waals surface area contributed by atoms with Gasteiger partial charge in [0.05, 0.1) is 5.56 Å². The Kier molecular flexibility index (Phi) is 3.66. The van der Waals surface area contributed by atoms with Crippen LogP contribution in [0.5, 0.6) is 0 Å². The van der Waals surface area contributed by atoms with E-state index in [1.54, 1.807) is 0 Å². The number of anilines is 1. The normalized spacial score (nSPS) is 25.3. The zero-order chi connectivity index (χ0) is 15.8. The Bertz CT molecular complexity index is 774. The van der Waals surface area contributed by atoms with Gasteiger partial charge in [-0.05, 0) is 42.7 Å². The summed E-state index contributed by atoms with van der Waals surface area (Å²) >= 11 is 1.49. The minimum atomic E-state index is 0.107. The predicted molar refractivity (Wildman–Crippen MR) is 92.0 cm³/mol. The van der Waals surface area contributed by atoms with Crippen LogP contribution in [-0.2, 0) is 4.79 Å². The fourth-order valence-electron chi connectivity index (χ4n) is 4.08. The number of amides is 1. The summed E-state index contributed by atoms with van der Waals surface area (Å²) in [5.41, 5.74) is 1.64. The monoisotopic (exact) mass is 322 g/mol. The van der Waals surface area contributed by atoms with Crippen molar-refractivity contribution in [2.45, 2.75) is 25.7 Å². The van der Waals surface area contributed by atoms with Gasteiger partial charge in [-0.15, -0.1) is 11.3 Å². The SMILES string of the molecule is N#Cc1cc(-c2ccccc2)sc1NC(=O)[C@H]1C[C@H]2CC[C@H]1C2. The van der Waals surface area contributed by atoms with Crippen molar-refractivity contribution in [3.63, 3.8) is 0 Å². The molecule has 1 aromatic carbocycles. The van der Waals surface area contributed by atoms with Crippen LogP contribution in [0, 0.1) is 29.1 Å². The highest BCUT2D eigenvalue weighted by molar-refractivity contribution is 7.19. The van der Waals surface area contributed by atoms with Crippen LogP contribution in [0.1, 0.15) is 31.2 Å².